The van der Waals surface area contributed by atoms with Gasteiger partial charge in [-0.3, -0.25) is 4.68 Å². The fourth-order valence-corrected chi connectivity index (χ4v) is 3.08. The van der Waals surface area contributed by atoms with E-state index < -0.39 is 0 Å². The van der Waals surface area contributed by atoms with Gasteiger partial charge in [-0.25, -0.2) is 0 Å². The highest BCUT2D eigenvalue weighted by atomic mass is 15.2. The number of nitrogens with two attached hydrogens (primary N) is 1. The van der Waals surface area contributed by atoms with Crippen LogP contribution in [0.4, 0.5) is 0 Å². The second kappa shape index (κ2) is 5.00. The molecule has 0 saturated heterocycles. The van der Waals surface area contributed by atoms with Crippen molar-refractivity contribution < 1.29 is 0 Å². The van der Waals surface area contributed by atoms with Crippen molar-refractivity contribution in [3.05, 3.63) is 18.0 Å². The number of hydrogen-bond acceptors (Lipinski definition) is 2. The normalized spacial score (nSPS) is 27.9. The van der Waals surface area contributed by atoms with Crippen LogP contribution in [0.25, 0.3) is 0 Å². The molecule has 1 saturated carbocycles. The zero-order valence-corrected chi connectivity index (χ0v) is 10.4. The summed E-state index contributed by atoms with van der Waals surface area (Å²) in [5.74, 6) is 1.46. The molecule has 3 unspecified atom stereocenters. The largest absolute Gasteiger partial charge is 0.324 e. The van der Waals surface area contributed by atoms with Gasteiger partial charge in [-0.05, 0) is 18.3 Å². The third-order valence-corrected chi connectivity index (χ3v) is 4.06. The summed E-state index contributed by atoms with van der Waals surface area (Å²) in [6, 6.07) is 0.180. The van der Waals surface area contributed by atoms with Crippen LogP contribution in [0.2, 0.25) is 0 Å². The molecule has 1 aromatic rings. The molecule has 3 atom stereocenters. The van der Waals surface area contributed by atoms with E-state index in [1.807, 2.05) is 17.9 Å². The average molecular weight is 221 g/mol. The third-order valence-electron chi connectivity index (χ3n) is 4.06. The van der Waals surface area contributed by atoms with Crippen molar-refractivity contribution in [2.24, 2.45) is 24.6 Å². The van der Waals surface area contributed by atoms with E-state index in [4.69, 9.17) is 5.73 Å². The lowest BCUT2D eigenvalue weighted by Crippen LogP contribution is -2.30. The summed E-state index contributed by atoms with van der Waals surface area (Å²) in [5.41, 5.74) is 7.60. The number of nitrogens with zero attached hydrogens (tertiary/aromatic N) is 2. The summed E-state index contributed by atoms with van der Waals surface area (Å²) in [7, 11) is 1.95. The Balaban J connectivity index is 2.10. The smallest absolute Gasteiger partial charge is 0.0537 e. The lowest BCUT2D eigenvalue weighted by molar-refractivity contribution is 0.196. The average Bonchev–Trinajstić information content (AvgIpc) is 2.75. The highest BCUT2D eigenvalue weighted by Gasteiger charge is 2.29. The van der Waals surface area contributed by atoms with Gasteiger partial charge in [-0.2, -0.15) is 5.10 Å². The van der Waals surface area contributed by atoms with Crippen LogP contribution in [0.1, 0.15) is 50.6 Å². The highest BCUT2D eigenvalue weighted by molar-refractivity contribution is 5.11. The van der Waals surface area contributed by atoms with E-state index in [0.29, 0.717) is 5.92 Å². The molecule has 0 amide bonds. The predicted molar refractivity (Wildman–Crippen MR) is 65.9 cm³/mol. The van der Waals surface area contributed by atoms with E-state index in [0.717, 1.165) is 5.92 Å². The molecule has 16 heavy (non-hydrogen) atoms. The SMILES string of the molecule is CCC1CCCCC1C(N)c1cnn(C)c1. The molecule has 1 fully saturated rings. The molecule has 0 bridgehead atoms. The second-order valence-corrected chi connectivity index (χ2v) is 5.09. The van der Waals surface area contributed by atoms with Gasteiger partial charge in [0.25, 0.3) is 0 Å². The van der Waals surface area contributed by atoms with Crippen molar-refractivity contribution in [1.29, 1.82) is 0 Å². The minimum atomic E-state index is 0.180. The zero-order chi connectivity index (χ0) is 11.5. The van der Waals surface area contributed by atoms with Crippen LogP contribution in [0.3, 0.4) is 0 Å². The Morgan fingerprint density at radius 1 is 1.50 bits per heavy atom. The first kappa shape index (κ1) is 11.6. The minimum absolute atomic E-state index is 0.180. The topological polar surface area (TPSA) is 43.8 Å². The number of aryl methyl sites for hydroxylation is 1. The molecule has 1 heterocycles. The second-order valence-electron chi connectivity index (χ2n) is 5.09. The van der Waals surface area contributed by atoms with Gasteiger partial charge in [0.1, 0.15) is 0 Å². The van der Waals surface area contributed by atoms with Gasteiger partial charge in [0, 0.05) is 24.8 Å². The molecule has 0 spiro atoms. The Morgan fingerprint density at radius 2 is 2.25 bits per heavy atom. The van der Waals surface area contributed by atoms with E-state index in [1.54, 1.807) is 0 Å². The Morgan fingerprint density at radius 3 is 2.88 bits per heavy atom. The quantitative estimate of drug-likeness (QED) is 0.852. The molecule has 3 nitrogen and oxygen atoms in total. The first-order valence-electron chi connectivity index (χ1n) is 6.46. The zero-order valence-electron chi connectivity index (χ0n) is 10.4. The highest BCUT2D eigenvalue weighted by Crippen LogP contribution is 2.38. The maximum Gasteiger partial charge on any atom is 0.0537 e. The van der Waals surface area contributed by atoms with E-state index in [-0.39, 0.29) is 6.04 Å². The van der Waals surface area contributed by atoms with Gasteiger partial charge in [0.15, 0.2) is 0 Å². The molecular formula is C13H23N3. The molecular weight excluding hydrogens is 198 g/mol. The van der Waals surface area contributed by atoms with Crippen molar-refractivity contribution in [3.8, 4) is 0 Å². The van der Waals surface area contributed by atoms with Gasteiger partial charge < -0.3 is 5.73 Å². The van der Waals surface area contributed by atoms with Crippen LogP contribution >= 0.6 is 0 Å². The van der Waals surface area contributed by atoms with Crippen LogP contribution in [-0.2, 0) is 7.05 Å². The summed E-state index contributed by atoms with van der Waals surface area (Å²) in [4.78, 5) is 0. The summed E-state index contributed by atoms with van der Waals surface area (Å²) in [6.45, 7) is 2.29. The van der Waals surface area contributed by atoms with Gasteiger partial charge in [-0.1, -0.05) is 32.6 Å². The molecule has 2 N–H and O–H groups in total. The molecule has 1 aliphatic carbocycles. The molecule has 2 rings (SSSR count). The first-order valence-corrected chi connectivity index (χ1v) is 6.46. The fraction of sp³-hybridized carbons (Fsp3) is 0.769. The monoisotopic (exact) mass is 221 g/mol. The number of rotatable bonds is 3. The summed E-state index contributed by atoms with van der Waals surface area (Å²) >= 11 is 0. The maximum atomic E-state index is 6.40. The molecule has 1 aliphatic rings. The van der Waals surface area contributed by atoms with Crippen molar-refractivity contribution >= 4 is 0 Å². The Kier molecular flexibility index (Phi) is 3.64. The third kappa shape index (κ3) is 2.29. The Hall–Kier alpha value is -0.830. The Labute approximate surface area is 98.0 Å². The van der Waals surface area contributed by atoms with Crippen molar-refractivity contribution in [1.82, 2.24) is 9.78 Å². The van der Waals surface area contributed by atoms with Crippen LogP contribution in [0.15, 0.2) is 12.4 Å². The van der Waals surface area contributed by atoms with E-state index in [1.165, 1.54) is 37.7 Å². The van der Waals surface area contributed by atoms with E-state index in [9.17, 15) is 0 Å². The standard InChI is InChI=1S/C13H23N3/c1-3-10-6-4-5-7-12(10)13(14)11-8-15-16(2)9-11/h8-10,12-13H,3-7,14H2,1-2H3. The molecule has 0 aromatic carbocycles. The number of aromatic nitrogens is 2. The predicted octanol–water partition coefficient (Wildman–Crippen LogP) is 2.64. The summed E-state index contributed by atoms with van der Waals surface area (Å²) < 4.78 is 1.85. The maximum absolute atomic E-state index is 6.40. The van der Waals surface area contributed by atoms with Crippen LogP contribution < -0.4 is 5.73 Å². The van der Waals surface area contributed by atoms with Crippen LogP contribution in [0, 0.1) is 11.8 Å². The summed E-state index contributed by atoms with van der Waals surface area (Å²) in [6.07, 6.45) is 10.6. The molecule has 0 radical (unpaired) electrons. The lowest BCUT2D eigenvalue weighted by atomic mass is 9.73. The van der Waals surface area contributed by atoms with E-state index >= 15 is 0 Å². The molecule has 90 valence electrons. The van der Waals surface area contributed by atoms with Crippen molar-refractivity contribution in [2.75, 3.05) is 0 Å². The van der Waals surface area contributed by atoms with Crippen LogP contribution in [0.5, 0.6) is 0 Å². The lowest BCUT2D eigenvalue weighted by Gasteiger charge is -2.34. The van der Waals surface area contributed by atoms with Crippen molar-refractivity contribution in [3.63, 3.8) is 0 Å². The first-order chi connectivity index (χ1) is 7.72. The minimum Gasteiger partial charge on any atom is -0.324 e. The Bertz CT molecular complexity index is 332. The van der Waals surface area contributed by atoms with Crippen molar-refractivity contribution in [2.45, 2.75) is 45.1 Å². The molecule has 0 aliphatic heterocycles. The van der Waals surface area contributed by atoms with E-state index in [2.05, 4.69) is 18.2 Å². The van der Waals surface area contributed by atoms with Crippen LogP contribution in [-0.4, -0.2) is 9.78 Å². The number of hydrogen-bond donors (Lipinski definition) is 1. The molecule has 1 aromatic heterocycles. The van der Waals surface area contributed by atoms with Gasteiger partial charge in [0.05, 0.1) is 6.20 Å². The van der Waals surface area contributed by atoms with Gasteiger partial charge in [0.2, 0.25) is 0 Å². The molecule has 3 heteroatoms. The fourth-order valence-electron chi connectivity index (χ4n) is 3.08. The van der Waals surface area contributed by atoms with Gasteiger partial charge >= 0.3 is 0 Å². The summed E-state index contributed by atoms with van der Waals surface area (Å²) in [5, 5.41) is 4.22. The van der Waals surface area contributed by atoms with Gasteiger partial charge in [-0.15, -0.1) is 0 Å².